The SMILES string of the molecule is COC1CN(c2cc(C(=O)NC[C@@H]3CCCN3)cc(-c3cnn4ccc(-c5cccs5)nc34)n2)C1. The Kier molecular flexibility index (Phi) is 5.93. The smallest absolute Gasteiger partial charge is 0.251 e. The van der Waals surface area contributed by atoms with Crippen LogP contribution in [-0.4, -0.2) is 70.9 Å². The van der Waals surface area contributed by atoms with Crippen LogP contribution in [0.2, 0.25) is 0 Å². The Hall–Kier alpha value is -3.34. The first kappa shape index (κ1) is 22.1. The number of anilines is 1. The first-order valence-corrected chi connectivity index (χ1v) is 12.8. The van der Waals surface area contributed by atoms with Crippen molar-refractivity contribution in [1.82, 2.24) is 30.2 Å². The average molecular weight is 490 g/mol. The van der Waals surface area contributed by atoms with E-state index >= 15 is 0 Å². The molecule has 2 aliphatic rings. The molecule has 0 aromatic carbocycles. The molecule has 4 aromatic rings. The van der Waals surface area contributed by atoms with E-state index in [9.17, 15) is 4.79 Å². The van der Waals surface area contributed by atoms with Crippen LogP contribution in [0.4, 0.5) is 5.82 Å². The molecule has 0 radical (unpaired) electrons. The topological polar surface area (TPSA) is 96.7 Å². The molecular weight excluding hydrogens is 462 g/mol. The molecule has 0 saturated carbocycles. The lowest BCUT2D eigenvalue weighted by Crippen LogP contribution is -2.52. The number of pyridine rings is 1. The van der Waals surface area contributed by atoms with Crippen molar-refractivity contribution in [2.45, 2.75) is 25.0 Å². The van der Waals surface area contributed by atoms with Gasteiger partial charge in [0.25, 0.3) is 5.91 Å². The molecule has 0 aliphatic carbocycles. The molecule has 9 nitrogen and oxygen atoms in total. The van der Waals surface area contributed by atoms with Crippen LogP contribution in [0.1, 0.15) is 23.2 Å². The number of thiophene rings is 1. The Morgan fingerprint density at radius 1 is 1.26 bits per heavy atom. The van der Waals surface area contributed by atoms with Crippen molar-refractivity contribution in [2.24, 2.45) is 0 Å². The van der Waals surface area contributed by atoms with E-state index in [1.807, 2.05) is 35.8 Å². The molecule has 0 unspecified atom stereocenters. The summed E-state index contributed by atoms with van der Waals surface area (Å²) in [6.07, 6.45) is 6.09. The monoisotopic (exact) mass is 489 g/mol. The van der Waals surface area contributed by atoms with Crippen molar-refractivity contribution in [2.75, 3.05) is 38.2 Å². The van der Waals surface area contributed by atoms with Crippen molar-refractivity contribution >= 4 is 28.7 Å². The van der Waals surface area contributed by atoms with Gasteiger partial charge in [0.05, 0.1) is 34.1 Å². The number of methoxy groups -OCH3 is 1. The second-order valence-electron chi connectivity index (χ2n) is 8.98. The van der Waals surface area contributed by atoms with E-state index in [-0.39, 0.29) is 12.0 Å². The highest BCUT2D eigenvalue weighted by atomic mass is 32.1. The summed E-state index contributed by atoms with van der Waals surface area (Å²) in [6, 6.07) is 10.1. The molecule has 2 saturated heterocycles. The summed E-state index contributed by atoms with van der Waals surface area (Å²) in [5, 5.41) is 13.0. The summed E-state index contributed by atoms with van der Waals surface area (Å²) in [6.45, 7) is 3.11. The van der Waals surface area contributed by atoms with Gasteiger partial charge in [-0.15, -0.1) is 11.3 Å². The van der Waals surface area contributed by atoms with Crippen LogP contribution >= 0.6 is 11.3 Å². The third-order valence-corrected chi connectivity index (χ3v) is 7.56. The Morgan fingerprint density at radius 3 is 2.94 bits per heavy atom. The fraction of sp³-hybridized carbons (Fsp3) is 0.360. The predicted molar refractivity (Wildman–Crippen MR) is 136 cm³/mol. The van der Waals surface area contributed by atoms with Gasteiger partial charge in [0.1, 0.15) is 5.82 Å². The van der Waals surface area contributed by atoms with Crippen LogP contribution < -0.4 is 15.5 Å². The molecule has 35 heavy (non-hydrogen) atoms. The lowest BCUT2D eigenvalue weighted by atomic mass is 10.1. The molecule has 180 valence electrons. The highest BCUT2D eigenvalue weighted by Gasteiger charge is 2.29. The van der Waals surface area contributed by atoms with Gasteiger partial charge in [-0.1, -0.05) is 6.07 Å². The largest absolute Gasteiger partial charge is 0.378 e. The normalized spacial score (nSPS) is 18.2. The molecule has 1 amide bonds. The number of amides is 1. The van der Waals surface area contributed by atoms with E-state index in [1.54, 1.807) is 29.2 Å². The molecule has 6 heterocycles. The van der Waals surface area contributed by atoms with Gasteiger partial charge in [-0.2, -0.15) is 5.10 Å². The number of hydrogen-bond acceptors (Lipinski definition) is 8. The first-order chi connectivity index (χ1) is 17.2. The molecule has 10 heteroatoms. The highest BCUT2D eigenvalue weighted by Crippen LogP contribution is 2.30. The summed E-state index contributed by atoms with van der Waals surface area (Å²) >= 11 is 1.65. The molecule has 0 spiro atoms. The molecular formula is C25H27N7O2S. The van der Waals surface area contributed by atoms with Crippen LogP contribution in [-0.2, 0) is 4.74 Å². The van der Waals surface area contributed by atoms with E-state index in [4.69, 9.17) is 14.7 Å². The molecule has 2 aliphatic heterocycles. The highest BCUT2D eigenvalue weighted by molar-refractivity contribution is 7.13. The van der Waals surface area contributed by atoms with Gasteiger partial charge >= 0.3 is 0 Å². The van der Waals surface area contributed by atoms with Crippen LogP contribution in [0.5, 0.6) is 0 Å². The lowest BCUT2D eigenvalue weighted by Gasteiger charge is -2.39. The zero-order valence-corrected chi connectivity index (χ0v) is 20.3. The van der Waals surface area contributed by atoms with Gasteiger partial charge in [0.2, 0.25) is 0 Å². The van der Waals surface area contributed by atoms with E-state index < -0.39 is 0 Å². The number of nitrogens with one attached hydrogen (secondary N) is 2. The van der Waals surface area contributed by atoms with Gasteiger partial charge in [-0.25, -0.2) is 14.5 Å². The van der Waals surface area contributed by atoms with Crippen molar-refractivity contribution < 1.29 is 9.53 Å². The summed E-state index contributed by atoms with van der Waals surface area (Å²) in [5.41, 5.74) is 3.65. The first-order valence-electron chi connectivity index (χ1n) is 11.9. The quantitative estimate of drug-likeness (QED) is 0.412. The molecule has 1 atom stereocenters. The van der Waals surface area contributed by atoms with Crippen molar-refractivity contribution in [3.05, 3.63) is 53.7 Å². The number of fused-ring (bicyclic) bond motifs is 1. The van der Waals surface area contributed by atoms with Gasteiger partial charge in [0.15, 0.2) is 5.65 Å². The molecule has 4 aromatic heterocycles. The number of aromatic nitrogens is 4. The maximum Gasteiger partial charge on any atom is 0.251 e. The Labute approximate surface area is 207 Å². The van der Waals surface area contributed by atoms with E-state index in [0.29, 0.717) is 29.5 Å². The Bertz CT molecular complexity index is 1340. The molecule has 2 N–H and O–H groups in total. The van der Waals surface area contributed by atoms with E-state index in [1.165, 1.54) is 0 Å². The third-order valence-electron chi connectivity index (χ3n) is 6.67. The number of carbonyl (C=O) groups excluding carboxylic acids is 1. The van der Waals surface area contributed by atoms with Gasteiger partial charge in [-0.05, 0) is 49.0 Å². The predicted octanol–water partition coefficient (Wildman–Crippen LogP) is 2.84. The maximum absolute atomic E-state index is 13.2. The summed E-state index contributed by atoms with van der Waals surface area (Å²) in [7, 11) is 1.72. The maximum atomic E-state index is 13.2. The standard InChI is InChI=1S/C25H27N7O2S/c1-34-18-14-31(15-18)23-11-16(25(33)27-12-17-4-2-7-26-17)10-21(29-23)19-13-28-32-8-6-20(30-24(19)32)22-5-3-9-35-22/h3,5-6,8-11,13,17-18,26H,2,4,7,12,14-15H2,1H3,(H,27,33)/t17-/m0/s1. The number of hydrogen-bond donors (Lipinski definition) is 2. The van der Waals surface area contributed by atoms with E-state index in [0.717, 1.165) is 54.4 Å². The van der Waals surface area contributed by atoms with Gasteiger partial charge < -0.3 is 20.3 Å². The minimum absolute atomic E-state index is 0.101. The van der Waals surface area contributed by atoms with Gasteiger partial charge in [0, 0.05) is 44.5 Å². The fourth-order valence-electron chi connectivity index (χ4n) is 4.58. The zero-order chi connectivity index (χ0) is 23.8. The summed E-state index contributed by atoms with van der Waals surface area (Å²) in [4.78, 5) is 26.2. The van der Waals surface area contributed by atoms with Crippen LogP contribution in [0.15, 0.2) is 48.1 Å². The average Bonchev–Trinajstić information content (AvgIpc) is 3.63. The lowest BCUT2D eigenvalue weighted by molar-refractivity contribution is 0.0783. The zero-order valence-electron chi connectivity index (χ0n) is 19.5. The number of nitrogens with zero attached hydrogens (tertiary/aromatic N) is 5. The second kappa shape index (κ2) is 9.37. The third kappa shape index (κ3) is 4.40. The van der Waals surface area contributed by atoms with Crippen molar-refractivity contribution in [1.29, 1.82) is 0 Å². The summed E-state index contributed by atoms with van der Waals surface area (Å²) < 4.78 is 7.19. The Morgan fingerprint density at radius 2 is 2.17 bits per heavy atom. The van der Waals surface area contributed by atoms with Crippen molar-refractivity contribution in [3.63, 3.8) is 0 Å². The minimum atomic E-state index is -0.101. The number of ether oxygens (including phenoxy) is 1. The minimum Gasteiger partial charge on any atom is -0.378 e. The molecule has 6 rings (SSSR count). The number of rotatable bonds is 7. The van der Waals surface area contributed by atoms with Crippen LogP contribution in [0.3, 0.4) is 0 Å². The molecule has 0 bridgehead atoms. The van der Waals surface area contributed by atoms with Gasteiger partial charge in [-0.3, -0.25) is 4.79 Å². The van der Waals surface area contributed by atoms with E-state index in [2.05, 4.69) is 26.7 Å². The molecule has 2 fully saturated rings. The van der Waals surface area contributed by atoms with Crippen molar-refractivity contribution in [3.8, 4) is 21.8 Å². The second-order valence-corrected chi connectivity index (χ2v) is 9.93. The van der Waals surface area contributed by atoms with Crippen LogP contribution in [0, 0.1) is 0 Å². The number of carbonyl (C=O) groups is 1. The Balaban J connectivity index is 1.36. The van der Waals surface area contributed by atoms with Crippen LogP contribution in [0.25, 0.3) is 27.5 Å². The fourth-order valence-corrected chi connectivity index (χ4v) is 5.28. The summed E-state index contributed by atoms with van der Waals surface area (Å²) in [5.74, 6) is 0.657.